The third-order valence-corrected chi connectivity index (χ3v) is 2.32. The van der Waals surface area contributed by atoms with Gasteiger partial charge in [0, 0.05) is 24.5 Å². The monoisotopic (exact) mass is 232 g/mol. The van der Waals surface area contributed by atoms with E-state index in [1.165, 1.54) is 12.1 Å². The lowest BCUT2D eigenvalue weighted by Gasteiger charge is -2.07. The van der Waals surface area contributed by atoms with Gasteiger partial charge in [-0.05, 0) is 23.8 Å². The van der Waals surface area contributed by atoms with Crippen LogP contribution in [0, 0.1) is 5.82 Å². The van der Waals surface area contributed by atoms with Crippen molar-refractivity contribution in [2.45, 2.75) is 6.54 Å². The molecule has 2 aromatic rings. The number of hydrogen-bond donors (Lipinski definition) is 3. The molecule has 0 radical (unpaired) electrons. The molecule has 1 heterocycles. The second-order valence-electron chi connectivity index (χ2n) is 3.55. The Kier molecular flexibility index (Phi) is 3.52. The molecule has 0 saturated heterocycles. The Morgan fingerprint density at radius 3 is 2.65 bits per heavy atom. The molecule has 88 valence electrons. The second kappa shape index (κ2) is 5.27. The van der Waals surface area contributed by atoms with E-state index in [0.717, 1.165) is 11.3 Å². The van der Waals surface area contributed by atoms with Crippen LogP contribution in [0.4, 0.5) is 15.9 Å². The molecule has 0 amide bonds. The van der Waals surface area contributed by atoms with Gasteiger partial charge < -0.3 is 10.7 Å². The summed E-state index contributed by atoms with van der Waals surface area (Å²) in [5, 5.41) is 3.20. The smallest absolute Gasteiger partial charge is 0.141 e. The van der Waals surface area contributed by atoms with Crippen molar-refractivity contribution in [3.63, 3.8) is 0 Å². The Balaban J connectivity index is 1.99. The highest BCUT2D eigenvalue weighted by Gasteiger charge is 1.97. The van der Waals surface area contributed by atoms with Crippen LogP contribution in [0.2, 0.25) is 0 Å². The van der Waals surface area contributed by atoms with Crippen molar-refractivity contribution >= 4 is 11.5 Å². The Morgan fingerprint density at radius 2 is 1.94 bits per heavy atom. The van der Waals surface area contributed by atoms with Gasteiger partial charge in [0.25, 0.3) is 0 Å². The van der Waals surface area contributed by atoms with Gasteiger partial charge in [-0.2, -0.15) is 0 Å². The van der Waals surface area contributed by atoms with E-state index in [2.05, 4.69) is 15.7 Å². The van der Waals surface area contributed by atoms with E-state index < -0.39 is 0 Å². The number of anilines is 2. The van der Waals surface area contributed by atoms with E-state index in [9.17, 15) is 4.39 Å². The lowest BCUT2D eigenvalue weighted by Crippen LogP contribution is -2.09. The predicted octanol–water partition coefficient (Wildman–Crippen LogP) is 2.12. The molecule has 0 aliphatic rings. The van der Waals surface area contributed by atoms with E-state index in [1.807, 2.05) is 6.07 Å². The predicted molar refractivity (Wildman–Crippen MR) is 65.8 cm³/mol. The largest absolute Gasteiger partial charge is 0.381 e. The van der Waals surface area contributed by atoms with Gasteiger partial charge in [0.1, 0.15) is 11.6 Å². The van der Waals surface area contributed by atoms with Crippen molar-refractivity contribution in [3.05, 3.63) is 54.0 Å². The maximum absolute atomic E-state index is 12.7. The van der Waals surface area contributed by atoms with Gasteiger partial charge in [0.05, 0.1) is 0 Å². The van der Waals surface area contributed by atoms with Crippen molar-refractivity contribution in [1.82, 2.24) is 4.98 Å². The number of nitrogens with two attached hydrogens (primary N) is 1. The fraction of sp³-hybridized carbons (Fsp3) is 0.0833. The Labute approximate surface area is 98.6 Å². The molecular formula is C12H13FN4. The quantitative estimate of drug-likeness (QED) is 0.558. The van der Waals surface area contributed by atoms with Crippen LogP contribution < -0.4 is 16.6 Å². The second-order valence-corrected chi connectivity index (χ2v) is 3.55. The molecule has 4 N–H and O–H groups in total. The van der Waals surface area contributed by atoms with Crippen LogP contribution in [0.5, 0.6) is 0 Å². The SMILES string of the molecule is NNc1cc(NCc2ccc(F)cc2)ccn1. The topological polar surface area (TPSA) is 63.0 Å². The lowest BCUT2D eigenvalue weighted by atomic mass is 10.2. The number of rotatable bonds is 4. The summed E-state index contributed by atoms with van der Waals surface area (Å²) in [5.74, 6) is 5.62. The molecule has 0 bridgehead atoms. The molecule has 0 atom stereocenters. The molecule has 17 heavy (non-hydrogen) atoms. The van der Waals surface area contributed by atoms with E-state index in [4.69, 9.17) is 5.84 Å². The molecule has 0 aliphatic carbocycles. The van der Waals surface area contributed by atoms with E-state index in [-0.39, 0.29) is 5.82 Å². The van der Waals surface area contributed by atoms with Crippen LogP contribution in [0.25, 0.3) is 0 Å². The number of aromatic nitrogens is 1. The Bertz CT molecular complexity index is 484. The average molecular weight is 232 g/mol. The maximum Gasteiger partial charge on any atom is 0.141 e. The van der Waals surface area contributed by atoms with Gasteiger partial charge in [-0.3, -0.25) is 0 Å². The first-order chi connectivity index (χ1) is 8.28. The molecule has 4 nitrogen and oxygen atoms in total. The van der Waals surface area contributed by atoms with E-state index in [1.54, 1.807) is 24.4 Å². The summed E-state index contributed by atoms with van der Waals surface area (Å²) in [6, 6.07) is 10.00. The minimum absolute atomic E-state index is 0.229. The fourth-order valence-corrected chi connectivity index (χ4v) is 1.43. The molecule has 0 aliphatic heterocycles. The highest BCUT2D eigenvalue weighted by molar-refractivity contribution is 5.51. The number of pyridine rings is 1. The zero-order chi connectivity index (χ0) is 12.1. The van der Waals surface area contributed by atoms with Crippen LogP contribution in [0.3, 0.4) is 0 Å². The first-order valence-electron chi connectivity index (χ1n) is 5.19. The molecule has 0 spiro atoms. The van der Waals surface area contributed by atoms with Gasteiger partial charge in [0.15, 0.2) is 0 Å². The number of hydrazine groups is 1. The molecule has 5 heteroatoms. The van der Waals surface area contributed by atoms with Crippen molar-refractivity contribution in [3.8, 4) is 0 Å². The van der Waals surface area contributed by atoms with Gasteiger partial charge in [-0.1, -0.05) is 12.1 Å². The van der Waals surface area contributed by atoms with Crippen LogP contribution in [0.1, 0.15) is 5.56 Å². The van der Waals surface area contributed by atoms with Crippen molar-refractivity contribution in [1.29, 1.82) is 0 Å². The minimum Gasteiger partial charge on any atom is -0.381 e. The third-order valence-electron chi connectivity index (χ3n) is 2.32. The summed E-state index contributed by atoms with van der Waals surface area (Å²) >= 11 is 0. The van der Waals surface area contributed by atoms with Crippen LogP contribution >= 0.6 is 0 Å². The number of benzene rings is 1. The number of hydrogen-bond acceptors (Lipinski definition) is 4. The summed E-state index contributed by atoms with van der Waals surface area (Å²) in [7, 11) is 0. The molecule has 2 rings (SSSR count). The van der Waals surface area contributed by atoms with E-state index >= 15 is 0 Å². The molecule has 1 aromatic carbocycles. The number of nitrogens with one attached hydrogen (secondary N) is 2. The summed E-state index contributed by atoms with van der Waals surface area (Å²) in [4.78, 5) is 4.00. The van der Waals surface area contributed by atoms with Crippen LogP contribution in [-0.4, -0.2) is 4.98 Å². The normalized spacial score (nSPS) is 10.0. The number of nitrogens with zero attached hydrogens (tertiary/aromatic N) is 1. The first kappa shape index (κ1) is 11.3. The van der Waals surface area contributed by atoms with Gasteiger partial charge in [-0.25, -0.2) is 15.2 Å². The molecular weight excluding hydrogens is 219 g/mol. The highest BCUT2D eigenvalue weighted by atomic mass is 19.1. The zero-order valence-corrected chi connectivity index (χ0v) is 9.15. The number of nitrogen functional groups attached to an aromatic ring is 1. The minimum atomic E-state index is -0.229. The van der Waals surface area contributed by atoms with Crippen molar-refractivity contribution in [2.75, 3.05) is 10.7 Å². The summed E-state index contributed by atoms with van der Waals surface area (Å²) < 4.78 is 12.7. The lowest BCUT2D eigenvalue weighted by molar-refractivity contribution is 0.627. The number of halogens is 1. The molecule has 0 fully saturated rings. The molecule has 0 saturated carbocycles. The standard InChI is InChI=1S/C12H13FN4/c13-10-3-1-9(2-4-10)8-16-11-5-6-15-12(7-11)17-14/h1-7H,8,14H2,(H2,15,16,17). The van der Waals surface area contributed by atoms with Gasteiger partial charge >= 0.3 is 0 Å². The first-order valence-corrected chi connectivity index (χ1v) is 5.19. The van der Waals surface area contributed by atoms with Gasteiger partial charge in [0.2, 0.25) is 0 Å². The summed E-state index contributed by atoms with van der Waals surface area (Å²) in [5.41, 5.74) is 4.38. The zero-order valence-electron chi connectivity index (χ0n) is 9.15. The Morgan fingerprint density at radius 1 is 1.18 bits per heavy atom. The van der Waals surface area contributed by atoms with Crippen molar-refractivity contribution in [2.24, 2.45) is 5.84 Å². The summed E-state index contributed by atoms with van der Waals surface area (Å²) in [6.45, 7) is 0.619. The van der Waals surface area contributed by atoms with E-state index in [0.29, 0.717) is 12.4 Å². The molecule has 0 unspecified atom stereocenters. The van der Waals surface area contributed by atoms with Crippen LogP contribution in [0.15, 0.2) is 42.6 Å². The fourth-order valence-electron chi connectivity index (χ4n) is 1.43. The van der Waals surface area contributed by atoms with Gasteiger partial charge in [-0.15, -0.1) is 0 Å². The third kappa shape index (κ3) is 3.15. The average Bonchev–Trinajstić information content (AvgIpc) is 2.38. The Hall–Kier alpha value is -2.14. The maximum atomic E-state index is 12.7. The molecule has 1 aromatic heterocycles. The van der Waals surface area contributed by atoms with Crippen molar-refractivity contribution < 1.29 is 4.39 Å². The van der Waals surface area contributed by atoms with Crippen LogP contribution in [-0.2, 0) is 6.54 Å². The summed E-state index contributed by atoms with van der Waals surface area (Å²) in [6.07, 6.45) is 1.65. The highest BCUT2D eigenvalue weighted by Crippen LogP contribution is 2.12.